The molecular weight excluding hydrogens is 339 g/mol. The Bertz CT molecular complexity index is 692. The van der Waals surface area contributed by atoms with Gasteiger partial charge in [0.2, 0.25) is 5.78 Å². The van der Waals surface area contributed by atoms with Gasteiger partial charge in [0.05, 0.1) is 5.02 Å². The van der Waals surface area contributed by atoms with E-state index in [0.29, 0.717) is 10.7 Å². The summed E-state index contributed by atoms with van der Waals surface area (Å²) in [6, 6.07) is 4.55. The summed E-state index contributed by atoms with van der Waals surface area (Å²) in [5, 5.41) is 3.44. The summed E-state index contributed by atoms with van der Waals surface area (Å²) in [4.78, 5) is 24.1. The zero-order valence-corrected chi connectivity index (χ0v) is 12.5. The Labute approximate surface area is 130 Å². The van der Waals surface area contributed by atoms with Crippen LogP contribution in [0.5, 0.6) is 0 Å². The summed E-state index contributed by atoms with van der Waals surface area (Å²) in [5.74, 6) is -0.406. The molecule has 0 unspecified atom stereocenters. The standard InChI is InChI=1S/C12H10Cl2N2O2.Cu/c1-6-10(12(18)16(2)15-6)11(17)8-4-3-7(13)5-9(8)14;/h3-5,15H,1-2H3;. The van der Waals surface area contributed by atoms with Crippen LogP contribution in [0.1, 0.15) is 21.6 Å². The van der Waals surface area contributed by atoms with Crippen molar-refractivity contribution in [2.45, 2.75) is 6.92 Å². The number of carbonyl (C=O) groups excluding carboxylic acids is 1. The van der Waals surface area contributed by atoms with Crippen LogP contribution in [-0.2, 0) is 24.1 Å². The molecular formula is C12H10Cl2CuN2O2. The third kappa shape index (κ3) is 2.95. The van der Waals surface area contributed by atoms with E-state index in [1.54, 1.807) is 20.0 Å². The van der Waals surface area contributed by atoms with Gasteiger partial charge < -0.3 is 0 Å². The molecule has 0 aliphatic heterocycles. The molecule has 4 nitrogen and oxygen atoms in total. The molecule has 2 aromatic rings. The van der Waals surface area contributed by atoms with Crippen molar-refractivity contribution in [3.63, 3.8) is 0 Å². The number of carbonyl (C=O) groups is 1. The van der Waals surface area contributed by atoms with Crippen molar-refractivity contribution >= 4 is 29.0 Å². The maximum atomic E-state index is 12.3. The first kappa shape index (κ1) is 16.1. The summed E-state index contributed by atoms with van der Waals surface area (Å²) in [5.41, 5.74) is 0.504. The molecule has 1 aromatic carbocycles. The SMILES string of the molecule is Cc1[nH]n(C)c(=O)c1C(=O)c1ccc(Cl)cc1Cl.[Cu]. The summed E-state index contributed by atoms with van der Waals surface area (Å²) in [6.07, 6.45) is 0. The Morgan fingerprint density at radius 1 is 1.32 bits per heavy atom. The first-order valence-corrected chi connectivity index (χ1v) is 5.92. The summed E-state index contributed by atoms with van der Waals surface area (Å²) >= 11 is 11.7. The minimum Gasteiger partial charge on any atom is -0.299 e. The molecule has 1 N–H and O–H groups in total. The van der Waals surface area contributed by atoms with Crippen LogP contribution in [0.25, 0.3) is 0 Å². The van der Waals surface area contributed by atoms with Gasteiger partial charge in [-0.3, -0.25) is 19.4 Å². The minimum atomic E-state index is -0.406. The van der Waals surface area contributed by atoms with Crippen molar-refractivity contribution in [2.24, 2.45) is 7.05 Å². The van der Waals surface area contributed by atoms with Crippen molar-refractivity contribution in [1.29, 1.82) is 0 Å². The van der Waals surface area contributed by atoms with Crippen LogP contribution < -0.4 is 5.56 Å². The number of rotatable bonds is 2. The number of hydrogen-bond acceptors (Lipinski definition) is 2. The topological polar surface area (TPSA) is 54.9 Å². The third-order valence-electron chi connectivity index (χ3n) is 2.63. The van der Waals surface area contributed by atoms with E-state index in [2.05, 4.69) is 5.10 Å². The average Bonchev–Trinajstić information content (AvgIpc) is 2.52. The van der Waals surface area contributed by atoms with E-state index in [1.165, 1.54) is 16.8 Å². The summed E-state index contributed by atoms with van der Waals surface area (Å²) in [6.45, 7) is 1.67. The smallest absolute Gasteiger partial charge is 0.277 e. The molecule has 0 fully saturated rings. The van der Waals surface area contributed by atoms with Gasteiger partial charge in [-0.2, -0.15) is 0 Å². The Morgan fingerprint density at radius 3 is 2.42 bits per heavy atom. The Morgan fingerprint density at radius 2 is 1.95 bits per heavy atom. The number of nitrogens with one attached hydrogen (secondary N) is 1. The molecule has 0 aliphatic rings. The molecule has 0 bridgehead atoms. The van der Waals surface area contributed by atoms with E-state index in [1.807, 2.05) is 0 Å². The van der Waals surface area contributed by atoms with Gasteiger partial charge in [-0.15, -0.1) is 0 Å². The maximum Gasteiger partial charge on any atom is 0.277 e. The number of halogens is 2. The molecule has 7 heteroatoms. The van der Waals surface area contributed by atoms with Crippen LogP contribution in [0.4, 0.5) is 0 Å². The molecule has 105 valence electrons. The van der Waals surface area contributed by atoms with E-state index >= 15 is 0 Å². The van der Waals surface area contributed by atoms with E-state index in [4.69, 9.17) is 23.2 Å². The number of ketones is 1. The predicted octanol–water partition coefficient (Wildman–Crippen LogP) is 2.56. The fourth-order valence-electron chi connectivity index (χ4n) is 1.76. The first-order chi connectivity index (χ1) is 8.41. The average molecular weight is 349 g/mol. The fraction of sp³-hybridized carbons (Fsp3) is 0.167. The van der Waals surface area contributed by atoms with Crippen LogP contribution in [-0.4, -0.2) is 15.6 Å². The number of aromatic amines is 1. The van der Waals surface area contributed by atoms with Gasteiger partial charge in [0.25, 0.3) is 5.56 Å². The molecule has 0 spiro atoms. The quantitative estimate of drug-likeness (QED) is 0.670. The van der Waals surface area contributed by atoms with Crippen molar-refractivity contribution < 1.29 is 21.9 Å². The zero-order chi connectivity index (χ0) is 13.4. The monoisotopic (exact) mass is 347 g/mol. The molecule has 0 saturated carbocycles. The Balaban J connectivity index is 0.00000180. The van der Waals surface area contributed by atoms with E-state index in [-0.39, 0.29) is 38.8 Å². The van der Waals surface area contributed by atoms with Gasteiger partial charge in [0, 0.05) is 40.4 Å². The van der Waals surface area contributed by atoms with Gasteiger partial charge in [-0.1, -0.05) is 23.2 Å². The maximum absolute atomic E-state index is 12.3. The Kier molecular flexibility index (Phi) is 5.04. The van der Waals surface area contributed by atoms with E-state index in [9.17, 15) is 9.59 Å². The third-order valence-corrected chi connectivity index (χ3v) is 3.18. The molecule has 1 heterocycles. The molecule has 1 radical (unpaired) electrons. The number of aromatic nitrogens is 2. The van der Waals surface area contributed by atoms with E-state index in [0.717, 1.165) is 0 Å². The Hall–Kier alpha value is -1.00. The fourth-order valence-corrected chi connectivity index (χ4v) is 2.26. The zero-order valence-electron chi connectivity index (χ0n) is 10.1. The number of aryl methyl sites for hydroxylation is 2. The van der Waals surface area contributed by atoms with Crippen LogP contribution in [0.2, 0.25) is 10.0 Å². The number of nitrogens with zero attached hydrogens (tertiary/aromatic N) is 1. The van der Waals surface area contributed by atoms with Crippen LogP contribution in [0, 0.1) is 6.92 Å². The van der Waals surface area contributed by atoms with Gasteiger partial charge in [-0.25, -0.2) is 0 Å². The number of benzene rings is 1. The van der Waals surface area contributed by atoms with Crippen LogP contribution >= 0.6 is 23.2 Å². The normalized spacial score (nSPS) is 10.1. The number of H-pyrrole nitrogens is 1. The van der Waals surface area contributed by atoms with Gasteiger partial charge in [0.1, 0.15) is 5.56 Å². The molecule has 0 aliphatic carbocycles. The number of hydrogen-bond donors (Lipinski definition) is 1. The molecule has 0 atom stereocenters. The second kappa shape index (κ2) is 5.97. The minimum absolute atomic E-state index is 0. The predicted molar refractivity (Wildman–Crippen MR) is 70.7 cm³/mol. The van der Waals surface area contributed by atoms with Gasteiger partial charge >= 0.3 is 0 Å². The molecule has 19 heavy (non-hydrogen) atoms. The summed E-state index contributed by atoms with van der Waals surface area (Å²) < 4.78 is 1.26. The van der Waals surface area contributed by atoms with Crippen molar-refractivity contribution in [3.8, 4) is 0 Å². The van der Waals surface area contributed by atoms with Crippen molar-refractivity contribution in [1.82, 2.24) is 9.78 Å². The van der Waals surface area contributed by atoms with Crippen molar-refractivity contribution in [2.75, 3.05) is 0 Å². The van der Waals surface area contributed by atoms with Gasteiger partial charge in [0.15, 0.2) is 0 Å². The van der Waals surface area contributed by atoms with Crippen molar-refractivity contribution in [3.05, 3.63) is 55.4 Å². The first-order valence-electron chi connectivity index (χ1n) is 5.17. The van der Waals surface area contributed by atoms with Crippen LogP contribution in [0.3, 0.4) is 0 Å². The largest absolute Gasteiger partial charge is 0.299 e. The summed E-state index contributed by atoms with van der Waals surface area (Å²) in [7, 11) is 1.55. The molecule has 0 amide bonds. The molecule has 0 saturated heterocycles. The van der Waals surface area contributed by atoms with E-state index < -0.39 is 5.78 Å². The molecule has 1 aromatic heterocycles. The molecule has 2 rings (SSSR count). The second-order valence-corrected chi connectivity index (χ2v) is 4.77. The van der Waals surface area contributed by atoms with Gasteiger partial charge in [-0.05, 0) is 25.1 Å². The second-order valence-electron chi connectivity index (χ2n) is 3.93. The van der Waals surface area contributed by atoms with Crippen LogP contribution in [0.15, 0.2) is 23.0 Å².